The lowest BCUT2D eigenvalue weighted by Gasteiger charge is -2.28. The molecule has 2 atom stereocenters. The smallest absolute Gasteiger partial charge is 0.322 e. The Morgan fingerprint density at radius 2 is 1.96 bits per heavy atom. The number of anilines is 1. The first-order valence-corrected chi connectivity index (χ1v) is 9.13. The van der Waals surface area contributed by atoms with Crippen LogP contribution >= 0.6 is 0 Å². The zero-order valence-electron chi connectivity index (χ0n) is 14.8. The molecule has 0 unspecified atom stereocenters. The molecule has 0 aliphatic carbocycles. The summed E-state index contributed by atoms with van der Waals surface area (Å²) < 4.78 is 16.9. The highest BCUT2D eigenvalue weighted by Gasteiger charge is 2.27. The van der Waals surface area contributed by atoms with E-state index < -0.39 is 0 Å². The third-order valence-electron chi connectivity index (χ3n) is 4.48. The summed E-state index contributed by atoms with van der Waals surface area (Å²) in [6.45, 7) is 5.09. The molecule has 1 aromatic heterocycles. The van der Waals surface area contributed by atoms with Crippen molar-refractivity contribution < 1.29 is 19.0 Å². The van der Waals surface area contributed by atoms with Gasteiger partial charge in [0.15, 0.2) is 0 Å². The minimum Gasteiger partial charge on any atom is -0.476 e. The molecule has 7 heteroatoms. The highest BCUT2D eigenvalue weighted by Crippen LogP contribution is 2.22. The minimum atomic E-state index is -0.167. The van der Waals surface area contributed by atoms with E-state index in [1.54, 1.807) is 23.2 Å². The van der Waals surface area contributed by atoms with Crippen molar-refractivity contribution in [2.45, 2.75) is 44.8 Å². The predicted molar refractivity (Wildman–Crippen MR) is 93.9 cm³/mol. The van der Waals surface area contributed by atoms with Gasteiger partial charge >= 0.3 is 6.03 Å². The fraction of sp³-hybridized carbons (Fsp3) is 0.667. The average molecular weight is 349 g/mol. The maximum absolute atomic E-state index is 12.9. The van der Waals surface area contributed by atoms with Gasteiger partial charge in [-0.15, -0.1) is 0 Å². The van der Waals surface area contributed by atoms with Crippen LogP contribution in [-0.2, 0) is 9.47 Å². The van der Waals surface area contributed by atoms with Gasteiger partial charge in [0.2, 0.25) is 5.88 Å². The summed E-state index contributed by atoms with van der Waals surface area (Å²) >= 11 is 0. The second-order valence-electron chi connectivity index (χ2n) is 6.39. The van der Waals surface area contributed by atoms with E-state index in [0.29, 0.717) is 31.3 Å². The van der Waals surface area contributed by atoms with Gasteiger partial charge in [0, 0.05) is 32.5 Å². The van der Waals surface area contributed by atoms with Crippen molar-refractivity contribution in [2.24, 2.45) is 0 Å². The Morgan fingerprint density at radius 1 is 1.28 bits per heavy atom. The molecule has 3 heterocycles. The van der Waals surface area contributed by atoms with Gasteiger partial charge in [-0.05, 0) is 44.7 Å². The van der Waals surface area contributed by atoms with E-state index in [1.165, 1.54) is 0 Å². The summed E-state index contributed by atoms with van der Waals surface area (Å²) in [5, 5.41) is 2.93. The Bertz CT molecular complexity index is 539. The largest absolute Gasteiger partial charge is 0.476 e. The van der Waals surface area contributed by atoms with Gasteiger partial charge in [0.25, 0.3) is 0 Å². The molecule has 2 fully saturated rings. The van der Waals surface area contributed by atoms with Crippen LogP contribution in [0.25, 0.3) is 0 Å². The van der Waals surface area contributed by atoms with Crippen molar-refractivity contribution in [1.82, 2.24) is 9.88 Å². The number of ether oxygens (including phenoxy) is 3. The number of aromatic nitrogens is 1. The molecule has 2 amide bonds. The van der Waals surface area contributed by atoms with Crippen LogP contribution in [0.4, 0.5) is 10.5 Å². The first-order chi connectivity index (χ1) is 12.3. The molecule has 25 heavy (non-hydrogen) atoms. The number of carbonyl (C=O) groups excluding carboxylic acids is 1. The lowest BCUT2D eigenvalue weighted by molar-refractivity contribution is 0.0524. The molecule has 0 bridgehead atoms. The van der Waals surface area contributed by atoms with Crippen LogP contribution in [0.3, 0.4) is 0 Å². The summed E-state index contributed by atoms with van der Waals surface area (Å²) in [5.74, 6) is 0.438. The molecular weight excluding hydrogens is 322 g/mol. The van der Waals surface area contributed by atoms with Gasteiger partial charge in [-0.3, -0.25) is 0 Å². The maximum Gasteiger partial charge on any atom is 0.322 e. The number of nitrogens with one attached hydrogen (secondary N) is 1. The number of rotatable bonds is 7. The number of nitrogens with zero attached hydrogens (tertiary/aromatic N) is 2. The number of hydrogen-bond donors (Lipinski definition) is 1. The maximum atomic E-state index is 12.9. The van der Waals surface area contributed by atoms with Crippen molar-refractivity contribution in [3.8, 4) is 5.88 Å². The van der Waals surface area contributed by atoms with Crippen LogP contribution in [0.15, 0.2) is 18.3 Å². The van der Waals surface area contributed by atoms with Gasteiger partial charge in [-0.1, -0.05) is 0 Å². The first-order valence-electron chi connectivity index (χ1n) is 9.13. The highest BCUT2D eigenvalue weighted by molar-refractivity contribution is 5.90. The van der Waals surface area contributed by atoms with Crippen molar-refractivity contribution in [1.29, 1.82) is 0 Å². The second kappa shape index (κ2) is 9.01. The van der Waals surface area contributed by atoms with Gasteiger partial charge in [-0.25, -0.2) is 9.78 Å². The fourth-order valence-corrected chi connectivity index (χ4v) is 3.24. The number of carbonyl (C=O) groups is 1. The number of urea groups is 1. The molecule has 1 N–H and O–H groups in total. The molecular formula is C18H27N3O4. The molecule has 0 saturated carbocycles. The SMILES string of the molecule is CCOc1ncccc1NC(=O)N(C[C@@H]1CCCO1)C[C@@H]1CCCO1. The van der Waals surface area contributed by atoms with Crippen LogP contribution < -0.4 is 10.1 Å². The van der Waals surface area contributed by atoms with Crippen molar-refractivity contribution in [3.63, 3.8) is 0 Å². The van der Waals surface area contributed by atoms with Crippen molar-refractivity contribution >= 4 is 11.7 Å². The Balaban J connectivity index is 1.66. The number of pyridine rings is 1. The summed E-state index contributed by atoms with van der Waals surface area (Å²) in [5.41, 5.74) is 0.582. The monoisotopic (exact) mass is 349 g/mol. The van der Waals surface area contributed by atoms with Crippen LogP contribution in [0.5, 0.6) is 5.88 Å². The van der Waals surface area contributed by atoms with Gasteiger partial charge in [0.05, 0.1) is 18.8 Å². The number of hydrogen-bond acceptors (Lipinski definition) is 5. The lowest BCUT2D eigenvalue weighted by atomic mass is 10.2. The minimum absolute atomic E-state index is 0.104. The summed E-state index contributed by atoms with van der Waals surface area (Å²) in [7, 11) is 0. The highest BCUT2D eigenvalue weighted by atomic mass is 16.5. The van der Waals surface area contributed by atoms with Gasteiger partial charge in [0.1, 0.15) is 5.69 Å². The molecule has 0 spiro atoms. The first kappa shape index (κ1) is 17.9. The third-order valence-corrected chi connectivity index (χ3v) is 4.48. The van der Waals surface area contributed by atoms with E-state index in [4.69, 9.17) is 14.2 Å². The van der Waals surface area contributed by atoms with E-state index in [2.05, 4.69) is 10.3 Å². The van der Waals surface area contributed by atoms with E-state index in [-0.39, 0.29) is 18.2 Å². The molecule has 1 aromatic rings. The van der Waals surface area contributed by atoms with Crippen LogP contribution in [0.1, 0.15) is 32.6 Å². The molecule has 2 aliphatic rings. The molecule has 0 radical (unpaired) electrons. The predicted octanol–water partition coefficient (Wildman–Crippen LogP) is 2.67. The average Bonchev–Trinajstić information content (AvgIpc) is 3.30. The summed E-state index contributed by atoms with van der Waals surface area (Å²) in [4.78, 5) is 18.8. The molecule has 2 saturated heterocycles. The quantitative estimate of drug-likeness (QED) is 0.819. The molecule has 138 valence electrons. The summed E-state index contributed by atoms with van der Waals surface area (Å²) in [6, 6.07) is 3.41. The molecule has 3 rings (SSSR count). The van der Waals surface area contributed by atoms with E-state index >= 15 is 0 Å². The Kier molecular flexibility index (Phi) is 6.47. The lowest BCUT2D eigenvalue weighted by Crippen LogP contribution is -2.44. The Hall–Kier alpha value is -1.86. The van der Waals surface area contributed by atoms with Crippen LogP contribution in [0, 0.1) is 0 Å². The molecule has 2 aliphatic heterocycles. The van der Waals surface area contributed by atoms with Crippen LogP contribution in [0.2, 0.25) is 0 Å². The number of amides is 2. The topological polar surface area (TPSA) is 72.9 Å². The second-order valence-corrected chi connectivity index (χ2v) is 6.39. The zero-order valence-corrected chi connectivity index (χ0v) is 14.8. The normalized spacial score (nSPS) is 22.8. The van der Waals surface area contributed by atoms with E-state index in [9.17, 15) is 4.79 Å². The fourth-order valence-electron chi connectivity index (χ4n) is 3.24. The van der Waals surface area contributed by atoms with Crippen LogP contribution in [-0.4, -0.2) is 61.0 Å². The third kappa shape index (κ3) is 5.06. The Morgan fingerprint density at radius 3 is 2.52 bits per heavy atom. The zero-order chi connectivity index (χ0) is 17.5. The van der Waals surface area contributed by atoms with E-state index in [0.717, 1.165) is 38.9 Å². The molecule has 0 aromatic carbocycles. The standard InChI is InChI=1S/C18H27N3O4/c1-2-23-17-16(8-3-9-19-17)20-18(22)21(12-14-6-4-10-24-14)13-15-7-5-11-25-15/h3,8-9,14-15H,2,4-7,10-13H2,1H3,(H,20,22)/t14-,15-/m0/s1. The van der Waals surface area contributed by atoms with E-state index in [1.807, 2.05) is 6.92 Å². The van der Waals surface area contributed by atoms with Crippen molar-refractivity contribution in [3.05, 3.63) is 18.3 Å². The van der Waals surface area contributed by atoms with Gasteiger partial charge < -0.3 is 24.4 Å². The van der Waals surface area contributed by atoms with Gasteiger partial charge in [-0.2, -0.15) is 0 Å². The van der Waals surface area contributed by atoms with Crippen molar-refractivity contribution in [2.75, 3.05) is 38.2 Å². The summed E-state index contributed by atoms with van der Waals surface area (Å²) in [6.07, 6.45) is 5.95. The molecule has 7 nitrogen and oxygen atoms in total. The Labute approximate surface area is 148 Å².